The lowest BCUT2D eigenvalue weighted by Crippen LogP contribution is -2.20. The lowest BCUT2D eigenvalue weighted by Gasteiger charge is -2.14. The number of anilines is 1. The van der Waals surface area contributed by atoms with E-state index in [1.807, 2.05) is 0 Å². The van der Waals surface area contributed by atoms with Gasteiger partial charge >= 0.3 is 0 Å². The van der Waals surface area contributed by atoms with Crippen LogP contribution in [0.2, 0.25) is 0 Å². The fourth-order valence-electron chi connectivity index (χ4n) is 1.74. The van der Waals surface area contributed by atoms with Crippen molar-refractivity contribution < 1.29 is 0 Å². The van der Waals surface area contributed by atoms with Crippen LogP contribution in [0.4, 0.5) is 5.82 Å². The lowest BCUT2D eigenvalue weighted by molar-refractivity contribution is 0.500. The fraction of sp³-hybridized carbons (Fsp3) is 0.600. The first kappa shape index (κ1) is 10.2. The highest BCUT2D eigenvalue weighted by Gasteiger charge is 2.41. The molecule has 0 saturated heterocycles. The van der Waals surface area contributed by atoms with Gasteiger partial charge in [0.15, 0.2) is 0 Å². The molecular formula is C10H16N4O. The number of hydrogen-bond acceptors (Lipinski definition) is 4. The molecule has 1 heterocycles. The topological polar surface area (TPSA) is 83.8 Å². The standard InChI is InChI=1S/C10H16N4O/c11-4-3-10(1-2-10)6-12-8-5-9(15)14-7-13-8/h5,7H,1-4,6,11H2,(H2,12,13,14,15). The van der Waals surface area contributed by atoms with Crippen molar-refractivity contribution >= 4 is 5.82 Å². The summed E-state index contributed by atoms with van der Waals surface area (Å²) in [5.41, 5.74) is 5.78. The van der Waals surface area contributed by atoms with E-state index in [2.05, 4.69) is 15.3 Å². The molecule has 0 atom stereocenters. The van der Waals surface area contributed by atoms with Gasteiger partial charge in [0.2, 0.25) is 0 Å². The largest absolute Gasteiger partial charge is 0.369 e. The van der Waals surface area contributed by atoms with Gasteiger partial charge in [0.05, 0.1) is 6.33 Å². The molecule has 1 aliphatic rings. The van der Waals surface area contributed by atoms with E-state index in [-0.39, 0.29) is 5.56 Å². The van der Waals surface area contributed by atoms with Gasteiger partial charge in [-0.05, 0) is 31.2 Å². The van der Waals surface area contributed by atoms with Crippen LogP contribution in [0.5, 0.6) is 0 Å². The Bertz CT molecular complexity index is 383. The average Bonchev–Trinajstić information content (AvgIpc) is 2.97. The molecule has 4 N–H and O–H groups in total. The summed E-state index contributed by atoms with van der Waals surface area (Å²) in [6, 6.07) is 1.47. The van der Waals surface area contributed by atoms with Gasteiger partial charge in [-0.3, -0.25) is 4.79 Å². The van der Waals surface area contributed by atoms with Crippen LogP contribution >= 0.6 is 0 Å². The molecule has 82 valence electrons. The second-order valence-electron chi connectivity index (χ2n) is 4.19. The normalized spacial score (nSPS) is 17.4. The Hall–Kier alpha value is -1.36. The number of aromatic amines is 1. The highest BCUT2D eigenvalue weighted by Crippen LogP contribution is 2.48. The van der Waals surface area contributed by atoms with Crippen molar-refractivity contribution in [1.82, 2.24) is 9.97 Å². The zero-order chi connectivity index (χ0) is 10.7. The molecule has 0 amide bonds. The summed E-state index contributed by atoms with van der Waals surface area (Å²) >= 11 is 0. The molecule has 0 aliphatic heterocycles. The Morgan fingerprint density at radius 1 is 1.60 bits per heavy atom. The zero-order valence-electron chi connectivity index (χ0n) is 8.62. The van der Waals surface area contributed by atoms with E-state index in [1.54, 1.807) is 0 Å². The molecule has 1 fully saturated rings. The van der Waals surface area contributed by atoms with E-state index in [4.69, 9.17) is 5.73 Å². The Balaban J connectivity index is 1.91. The van der Waals surface area contributed by atoms with Crippen LogP contribution in [0, 0.1) is 5.41 Å². The van der Waals surface area contributed by atoms with Crippen molar-refractivity contribution in [3.05, 3.63) is 22.7 Å². The number of rotatable bonds is 5. The van der Waals surface area contributed by atoms with E-state index in [0.717, 1.165) is 19.5 Å². The van der Waals surface area contributed by atoms with E-state index in [1.165, 1.54) is 25.2 Å². The third-order valence-corrected chi connectivity index (χ3v) is 2.95. The van der Waals surface area contributed by atoms with Crippen molar-refractivity contribution in [3.8, 4) is 0 Å². The smallest absolute Gasteiger partial charge is 0.252 e. The van der Waals surface area contributed by atoms with Crippen molar-refractivity contribution in [2.75, 3.05) is 18.4 Å². The monoisotopic (exact) mass is 208 g/mol. The number of hydrogen-bond donors (Lipinski definition) is 3. The second kappa shape index (κ2) is 4.02. The van der Waals surface area contributed by atoms with Gasteiger partial charge in [0.25, 0.3) is 5.56 Å². The van der Waals surface area contributed by atoms with Crippen LogP contribution in [0.3, 0.4) is 0 Å². The molecule has 0 bridgehead atoms. The first-order valence-corrected chi connectivity index (χ1v) is 5.23. The minimum atomic E-state index is -0.129. The number of nitrogens with one attached hydrogen (secondary N) is 2. The average molecular weight is 208 g/mol. The second-order valence-corrected chi connectivity index (χ2v) is 4.19. The summed E-state index contributed by atoms with van der Waals surface area (Å²) in [6.45, 7) is 1.59. The van der Waals surface area contributed by atoms with Gasteiger partial charge in [-0.15, -0.1) is 0 Å². The number of nitrogens with zero attached hydrogens (tertiary/aromatic N) is 1. The van der Waals surface area contributed by atoms with Crippen LogP contribution in [0.15, 0.2) is 17.2 Å². The van der Waals surface area contributed by atoms with Crippen molar-refractivity contribution in [2.45, 2.75) is 19.3 Å². The fourth-order valence-corrected chi connectivity index (χ4v) is 1.74. The maximum atomic E-state index is 11.0. The molecule has 1 aliphatic carbocycles. The summed E-state index contributed by atoms with van der Waals surface area (Å²) in [5.74, 6) is 0.641. The first-order chi connectivity index (χ1) is 7.24. The van der Waals surface area contributed by atoms with Gasteiger partial charge in [-0.2, -0.15) is 0 Å². The molecular weight excluding hydrogens is 192 g/mol. The van der Waals surface area contributed by atoms with E-state index in [9.17, 15) is 4.79 Å². The van der Waals surface area contributed by atoms with Crippen LogP contribution < -0.4 is 16.6 Å². The third kappa shape index (κ3) is 2.56. The van der Waals surface area contributed by atoms with Gasteiger partial charge in [-0.1, -0.05) is 0 Å². The maximum absolute atomic E-state index is 11.0. The molecule has 0 unspecified atom stereocenters. The highest BCUT2D eigenvalue weighted by atomic mass is 16.1. The SMILES string of the molecule is NCCC1(CNc2cc(=O)[nH]cn2)CC1. The van der Waals surface area contributed by atoms with Gasteiger partial charge in [-0.25, -0.2) is 4.98 Å². The molecule has 15 heavy (non-hydrogen) atoms. The van der Waals surface area contributed by atoms with E-state index >= 15 is 0 Å². The van der Waals surface area contributed by atoms with Crippen molar-refractivity contribution in [2.24, 2.45) is 11.1 Å². The molecule has 0 aromatic carbocycles. The summed E-state index contributed by atoms with van der Waals surface area (Å²) in [6.07, 6.45) is 4.90. The lowest BCUT2D eigenvalue weighted by atomic mass is 10.0. The van der Waals surface area contributed by atoms with Crippen LogP contribution in [-0.2, 0) is 0 Å². The minimum absolute atomic E-state index is 0.129. The summed E-state index contributed by atoms with van der Waals surface area (Å²) in [4.78, 5) is 17.5. The van der Waals surface area contributed by atoms with Gasteiger partial charge in [0.1, 0.15) is 5.82 Å². The Labute approximate surface area is 88.1 Å². The van der Waals surface area contributed by atoms with E-state index in [0.29, 0.717) is 11.2 Å². The molecule has 1 aromatic rings. The maximum Gasteiger partial charge on any atom is 0.252 e. The Kier molecular flexibility index (Phi) is 2.73. The van der Waals surface area contributed by atoms with Gasteiger partial charge < -0.3 is 16.0 Å². The molecule has 2 rings (SSSR count). The molecule has 0 radical (unpaired) electrons. The Morgan fingerprint density at radius 3 is 3.00 bits per heavy atom. The summed E-state index contributed by atoms with van der Waals surface area (Å²) in [5, 5.41) is 3.19. The predicted molar refractivity (Wildman–Crippen MR) is 58.7 cm³/mol. The van der Waals surface area contributed by atoms with Crippen molar-refractivity contribution in [1.29, 1.82) is 0 Å². The molecule has 5 nitrogen and oxygen atoms in total. The molecule has 5 heteroatoms. The Morgan fingerprint density at radius 2 is 2.40 bits per heavy atom. The zero-order valence-corrected chi connectivity index (χ0v) is 8.62. The quantitative estimate of drug-likeness (QED) is 0.650. The number of H-pyrrole nitrogens is 1. The highest BCUT2D eigenvalue weighted by molar-refractivity contribution is 5.32. The molecule has 1 saturated carbocycles. The van der Waals surface area contributed by atoms with Gasteiger partial charge in [0, 0.05) is 12.6 Å². The molecule has 0 spiro atoms. The summed E-state index contributed by atoms with van der Waals surface area (Å²) < 4.78 is 0. The number of nitrogens with two attached hydrogens (primary N) is 1. The third-order valence-electron chi connectivity index (χ3n) is 2.95. The predicted octanol–water partition coefficient (Wildman–Crippen LogP) is 0.311. The van der Waals surface area contributed by atoms with E-state index < -0.39 is 0 Å². The van der Waals surface area contributed by atoms with Crippen LogP contribution in [0.1, 0.15) is 19.3 Å². The van der Waals surface area contributed by atoms with Crippen LogP contribution in [-0.4, -0.2) is 23.1 Å². The van der Waals surface area contributed by atoms with Crippen LogP contribution in [0.25, 0.3) is 0 Å². The number of aromatic nitrogens is 2. The summed E-state index contributed by atoms with van der Waals surface area (Å²) in [7, 11) is 0. The molecule has 1 aromatic heterocycles. The minimum Gasteiger partial charge on any atom is -0.369 e. The van der Waals surface area contributed by atoms with Crippen molar-refractivity contribution in [3.63, 3.8) is 0 Å². The first-order valence-electron chi connectivity index (χ1n) is 5.23.